The summed E-state index contributed by atoms with van der Waals surface area (Å²) in [7, 11) is 0. The minimum absolute atomic E-state index is 0.327. The van der Waals surface area contributed by atoms with Gasteiger partial charge in [0.2, 0.25) is 0 Å². The minimum atomic E-state index is -0.467. The third kappa shape index (κ3) is 1.81. The molecule has 0 aromatic heterocycles. The average molecular weight is 198 g/mol. The molecule has 3 nitrogen and oxygen atoms in total. The number of rotatable bonds is 1. The summed E-state index contributed by atoms with van der Waals surface area (Å²) < 4.78 is 0. The van der Waals surface area contributed by atoms with Crippen molar-refractivity contribution in [1.29, 1.82) is 0 Å². The van der Waals surface area contributed by atoms with Crippen LogP contribution < -0.4 is 10.6 Å². The number of hydrogen-bond donors (Lipinski definition) is 3. The summed E-state index contributed by atoms with van der Waals surface area (Å²) in [5.41, 5.74) is -0.467. The molecule has 3 unspecified atom stereocenters. The van der Waals surface area contributed by atoms with Crippen molar-refractivity contribution in [1.82, 2.24) is 10.6 Å². The van der Waals surface area contributed by atoms with Crippen LogP contribution in [0.4, 0.5) is 0 Å². The van der Waals surface area contributed by atoms with Crippen molar-refractivity contribution in [3.8, 4) is 0 Å². The normalized spacial score (nSPS) is 45.0. The van der Waals surface area contributed by atoms with Gasteiger partial charge in [-0.1, -0.05) is 13.3 Å². The third-order valence-electron chi connectivity index (χ3n) is 3.92. The lowest BCUT2D eigenvalue weighted by molar-refractivity contribution is -0.0702. The third-order valence-corrected chi connectivity index (χ3v) is 3.92. The lowest BCUT2D eigenvalue weighted by Gasteiger charge is -2.46. The van der Waals surface area contributed by atoms with E-state index >= 15 is 0 Å². The maximum absolute atomic E-state index is 10.7. The molecule has 2 rings (SSSR count). The van der Waals surface area contributed by atoms with Crippen LogP contribution in [-0.2, 0) is 0 Å². The van der Waals surface area contributed by atoms with E-state index in [0.29, 0.717) is 12.0 Å². The fourth-order valence-electron chi connectivity index (χ4n) is 2.83. The predicted molar refractivity (Wildman–Crippen MR) is 57.2 cm³/mol. The summed E-state index contributed by atoms with van der Waals surface area (Å²) in [5, 5.41) is 17.5. The molecule has 2 saturated heterocycles. The molecule has 0 amide bonds. The molecule has 0 aromatic rings. The smallest absolute Gasteiger partial charge is 0.0849 e. The van der Waals surface area contributed by atoms with Crippen molar-refractivity contribution in [3.05, 3.63) is 0 Å². The summed E-state index contributed by atoms with van der Waals surface area (Å²) in [4.78, 5) is 0. The Labute approximate surface area is 86.3 Å². The first-order valence-electron chi connectivity index (χ1n) is 5.90. The van der Waals surface area contributed by atoms with Crippen molar-refractivity contribution in [2.24, 2.45) is 5.92 Å². The molecule has 3 atom stereocenters. The van der Waals surface area contributed by atoms with E-state index in [2.05, 4.69) is 17.6 Å². The van der Waals surface area contributed by atoms with Crippen LogP contribution in [0.2, 0.25) is 0 Å². The molecule has 0 spiro atoms. The van der Waals surface area contributed by atoms with Gasteiger partial charge in [-0.25, -0.2) is 0 Å². The average Bonchev–Trinajstić information content (AvgIpc) is 2.24. The van der Waals surface area contributed by atoms with Gasteiger partial charge >= 0.3 is 0 Å². The quantitative estimate of drug-likeness (QED) is 0.574. The van der Waals surface area contributed by atoms with Gasteiger partial charge in [0.05, 0.1) is 5.60 Å². The molecule has 2 aliphatic rings. The largest absolute Gasteiger partial charge is 0.388 e. The molecule has 3 N–H and O–H groups in total. The lowest BCUT2D eigenvalue weighted by Crippen LogP contribution is -2.61. The van der Waals surface area contributed by atoms with Gasteiger partial charge in [-0.15, -0.1) is 0 Å². The van der Waals surface area contributed by atoms with Crippen LogP contribution >= 0.6 is 0 Å². The topological polar surface area (TPSA) is 44.3 Å². The molecule has 14 heavy (non-hydrogen) atoms. The second-order valence-corrected chi connectivity index (χ2v) is 4.85. The Morgan fingerprint density at radius 1 is 1.29 bits per heavy atom. The van der Waals surface area contributed by atoms with Gasteiger partial charge in [0.25, 0.3) is 0 Å². The van der Waals surface area contributed by atoms with E-state index < -0.39 is 5.60 Å². The van der Waals surface area contributed by atoms with E-state index in [1.165, 1.54) is 12.8 Å². The number of piperidine rings is 2. The lowest BCUT2D eigenvalue weighted by atomic mass is 9.74. The maximum atomic E-state index is 10.7. The molecule has 3 heteroatoms. The maximum Gasteiger partial charge on any atom is 0.0849 e. The molecule has 2 fully saturated rings. The van der Waals surface area contributed by atoms with Gasteiger partial charge < -0.3 is 15.7 Å². The molecule has 0 aliphatic carbocycles. The van der Waals surface area contributed by atoms with Crippen LogP contribution in [0.3, 0.4) is 0 Å². The highest BCUT2D eigenvalue weighted by atomic mass is 16.3. The Balaban J connectivity index is 2.03. The standard InChI is InChI=1S/C11H22N2O/c1-9-8-12-7-5-11(9,14)10-4-2-3-6-13-10/h9-10,12-14H,2-8H2,1H3. The first kappa shape index (κ1) is 10.4. The Kier molecular flexibility index (Phi) is 3.10. The van der Waals surface area contributed by atoms with Crippen molar-refractivity contribution in [3.63, 3.8) is 0 Å². The molecule has 2 aliphatic heterocycles. The van der Waals surface area contributed by atoms with Crippen LogP contribution in [0, 0.1) is 5.92 Å². The van der Waals surface area contributed by atoms with Crippen LogP contribution in [0.5, 0.6) is 0 Å². The zero-order chi connectivity index (χ0) is 10.0. The molecule has 0 saturated carbocycles. The molecular formula is C11H22N2O. The molecule has 0 bridgehead atoms. The Bertz CT molecular complexity index is 192. The van der Waals surface area contributed by atoms with E-state index in [0.717, 1.165) is 32.5 Å². The number of nitrogens with one attached hydrogen (secondary N) is 2. The second-order valence-electron chi connectivity index (χ2n) is 4.85. The monoisotopic (exact) mass is 198 g/mol. The van der Waals surface area contributed by atoms with Crippen molar-refractivity contribution >= 4 is 0 Å². The molecular weight excluding hydrogens is 176 g/mol. The fourth-order valence-corrected chi connectivity index (χ4v) is 2.83. The molecule has 82 valence electrons. The van der Waals surface area contributed by atoms with E-state index in [1.807, 2.05) is 0 Å². The van der Waals surface area contributed by atoms with Gasteiger partial charge in [-0.3, -0.25) is 0 Å². The van der Waals surface area contributed by atoms with Crippen LogP contribution in [-0.4, -0.2) is 36.4 Å². The van der Waals surface area contributed by atoms with Gasteiger partial charge in [0.1, 0.15) is 0 Å². The van der Waals surface area contributed by atoms with E-state index in [1.54, 1.807) is 0 Å². The van der Waals surface area contributed by atoms with Gasteiger partial charge in [0, 0.05) is 12.6 Å². The van der Waals surface area contributed by atoms with E-state index in [9.17, 15) is 5.11 Å². The van der Waals surface area contributed by atoms with Crippen LogP contribution in [0.1, 0.15) is 32.6 Å². The fraction of sp³-hybridized carbons (Fsp3) is 1.00. The Morgan fingerprint density at radius 2 is 2.14 bits per heavy atom. The first-order chi connectivity index (χ1) is 6.73. The minimum Gasteiger partial charge on any atom is -0.388 e. The van der Waals surface area contributed by atoms with Crippen molar-refractivity contribution < 1.29 is 5.11 Å². The molecule has 2 heterocycles. The summed E-state index contributed by atoms with van der Waals surface area (Å²) in [5.74, 6) is 0.367. The highest BCUT2D eigenvalue weighted by molar-refractivity contribution is 4.99. The summed E-state index contributed by atoms with van der Waals surface area (Å²) >= 11 is 0. The van der Waals surface area contributed by atoms with Crippen LogP contribution in [0.15, 0.2) is 0 Å². The first-order valence-corrected chi connectivity index (χ1v) is 5.90. The van der Waals surface area contributed by atoms with Crippen LogP contribution in [0.25, 0.3) is 0 Å². The Morgan fingerprint density at radius 3 is 2.79 bits per heavy atom. The van der Waals surface area contributed by atoms with Gasteiger partial charge in [0.15, 0.2) is 0 Å². The van der Waals surface area contributed by atoms with Gasteiger partial charge in [-0.2, -0.15) is 0 Å². The number of hydrogen-bond acceptors (Lipinski definition) is 3. The van der Waals surface area contributed by atoms with E-state index in [4.69, 9.17) is 0 Å². The number of aliphatic hydroxyl groups is 1. The van der Waals surface area contributed by atoms with E-state index in [-0.39, 0.29) is 0 Å². The van der Waals surface area contributed by atoms with Crippen molar-refractivity contribution in [2.75, 3.05) is 19.6 Å². The zero-order valence-electron chi connectivity index (χ0n) is 9.05. The highest BCUT2D eigenvalue weighted by Gasteiger charge is 2.43. The summed E-state index contributed by atoms with van der Waals surface area (Å²) in [6.45, 7) is 5.14. The second kappa shape index (κ2) is 4.17. The predicted octanol–water partition coefficient (Wildman–Crippen LogP) is 0.489. The summed E-state index contributed by atoms with van der Waals surface area (Å²) in [6, 6.07) is 0.327. The highest BCUT2D eigenvalue weighted by Crippen LogP contribution is 2.31. The Hall–Kier alpha value is -0.120. The zero-order valence-corrected chi connectivity index (χ0v) is 9.05. The van der Waals surface area contributed by atoms with Crippen molar-refractivity contribution in [2.45, 2.75) is 44.2 Å². The van der Waals surface area contributed by atoms with Gasteiger partial charge in [-0.05, 0) is 38.3 Å². The SMILES string of the molecule is CC1CNCCC1(O)C1CCCCN1. The molecule has 0 radical (unpaired) electrons. The summed E-state index contributed by atoms with van der Waals surface area (Å²) in [6.07, 6.45) is 4.56. The molecule has 0 aromatic carbocycles.